The van der Waals surface area contributed by atoms with E-state index >= 15 is 0 Å². The van der Waals surface area contributed by atoms with Crippen LogP contribution in [-0.4, -0.2) is 39.1 Å². The Kier molecular flexibility index (Phi) is 5.99. The summed E-state index contributed by atoms with van der Waals surface area (Å²) in [6.07, 6.45) is 1.39. The Hall–Kier alpha value is -3.26. The van der Waals surface area contributed by atoms with Crippen molar-refractivity contribution >= 4 is 11.6 Å². The number of halogens is 1. The maximum atomic E-state index is 13.5. The zero-order chi connectivity index (χ0) is 22.0. The number of carbonyl (C=O) groups is 1. The Morgan fingerprint density at radius 3 is 2.71 bits per heavy atom. The highest BCUT2D eigenvalue weighted by molar-refractivity contribution is 5.93. The van der Waals surface area contributed by atoms with Crippen LogP contribution >= 0.6 is 0 Å². The van der Waals surface area contributed by atoms with Crippen molar-refractivity contribution in [2.24, 2.45) is 5.92 Å². The van der Waals surface area contributed by atoms with Gasteiger partial charge in [-0.25, -0.2) is 4.39 Å². The van der Waals surface area contributed by atoms with Crippen molar-refractivity contribution in [2.75, 3.05) is 18.4 Å². The first kappa shape index (κ1) is 21.0. The van der Waals surface area contributed by atoms with E-state index in [0.717, 1.165) is 0 Å². The molecule has 1 fully saturated rings. The van der Waals surface area contributed by atoms with Gasteiger partial charge in [0.25, 0.3) is 0 Å². The number of piperidine rings is 1. The number of nitrogens with zero attached hydrogens (tertiary/aromatic N) is 3. The summed E-state index contributed by atoms with van der Waals surface area (Å²) in [6, 6.07) is 11.3. The van der Waals surface area contributed by atoms with E-state index in [1.165, 1.54) is 6.07 Å². The van der Waals surface area contributed by atoms with Crippen LogP contribution in [0.2, 0.25) is 0 Å². The molecule has 31 heavy (non-hydrogen) atoms. The number of nitrogens with one attached hydrogen (secondary N) is 1. The van der Waals surface area contributed by atoms with Gasteiger partial charge in [0.1, 0.15) is 11.6 Å². The van der Waals surface area contributed by atoms with Crippen molar-refractivity contribution in [2.45, 2.75) is 32.7 Å². The number of aromatic nitrogens is 2. The van der Waals surface area contributed by atoms with Crippen LogP contribution in [0.5, 0.6) is 5.75 Å². The van der Waals surface area contributed by atoms with Gasteiger partial charge in [-0.1, -0.05) is 17.3 Å². The number of hydrogen-bond acceptors (Lipinski definition) is 6. The maximum Gasteiger partial charge on any atom is 0.244 e. The Morgan fingerprint density at radius 2 is 2.00 bits per heavy atom. The quantitative estimate of drug-likeness (QED) is 0.594. The van der Waals surface area contributed by atoms with Gasteiger partial charge in [-0.3, -0.25) is 9.69 Å². The van der Waals surface area contributed by atoms with Crippen LogP contribution in [0, 0.1) is 18.7 Å². The van der Waals surface area contributed by atoms with Gasteiger partial charge >= 0.3 is 0 Å². The van der Waals surface area contributed by atoms with E-state index in [1.54, 1.807) is 43.3 Å². The maximum absolute atomic E-state index is 13.5. The number of amides is 1. The van der Waals surface area contributed by atoms with Crippen LogP contribution in [0.25, 0.3) is 11.4 Å². The predicted octanol–water partition coefficient (Wildman–Crippen LogP) is 4.30. The first-order valence-corrected chi connectivity index (χ1v) is 10.4. The van der Waals surface area contributed by atoms with E-state index in [-0.39, 0.29) is 29.4 Å². The molecule has 1 aliphatic rings. The van der Waals surface area contributed by atoms with Crippen LogP contribution in [0.15, 0.2) is 47.0 Å². The van der Waals surface area contributed by atoms with Crippen LogP contribution in [-0.2, 0) is 4.79 Å². The minimum atomic E-state index is -0.268. The number of aryl methyl sites for hydroxylation is 1. The van der Waals surface area contributed by atoms with Crippen molar-refractivity contribution in [3.8, 4) is 17.1 Å². The molecule has 1 unspecified atom stereocenters. The predicted molar refractivity (Wildman–Crippen MR) is 114 cm³/mol. The topological polar surface area (TPSA) is 91.5 Å². The second-order valence-corrected chi connectivity index (χ2v) is 7.91. The molecule has 1 atom stereocenters. The Morgan fingerprint density at radius 1 is 1.26 bits per heavy atom. The average molecular weight is 424 g/mol. The number of carbonyl (C=O) groups excluding carboxylic acids is 1. The van der Waals surface area contributed by atoms with Gasteiger partial charge in [-0.05, 0) is 75.7 Å². The number of phenols is 1. The Labute approximate surface area is 179 Å². The molecule has 1 aliphatic heterocycles. The lowest BCUT2D eigenvalue weighted by Crippen LogP contribution is -2.39. The number of likely N-dealkylation sites (tertiary alicyclic amines) is 1. The molecule has 1 amide bonds. The van der Waals surface area contributed by atoms with Crippen LogP contribution in [0.1, 0.15) is 37.3 Å². The number of para-hydroxylation sites is 2. The zero-order valence-electron chi connectivity index (χ0n) is 17.5. The van der Waals surface area contributed by atoms with Crippen molar-refractivity contribution in [3.63, 3.8) is 0 Å². The average Bonchev–Trinajstić information content (AvgIpc) is 3.27. The first-order chi connectivity index (χ1) is 14.9. The molecule has 0 bridgehead atoms. The number of rotatable bonds is 5. The smallest absolute Gasteiger partial charge is 0.244 e. The van der Waals surface area contributed by atoms with Crippen molar-refractivity contribution in [3.05, 3.63) is 59.7 Å². The third-order valence-electron chi connectivity index (χ3n) is 5.83. The number of aromatic hydroxyl groups is 1. The fraction of sp³-hybridized carbons (Fsp3) is 0.348. The summed E-state index contributed by atoms with van der Waals surface area (Å²) >= 11 is 0. The van der Waals surface area contributed by atoms with Gasteiger partial charge in [0.2, 0.25) is 17.6 Å². The van der Waals surface area contributed by atoms with Gasteiger partial charge in [0.15, 0.2) is 0 Å². The third kappa shape index (κ3) is 4.59. The summed E-state index contributed by atoms with van der Waals surface area (Å²) in [6.45, 7) is 5.12. The van der Waals surface area contributed by atoms with E-state index in [2.05, 4.69) is 20.4 Å². The van der Waals surface area contributed by atoms with E-state index in [0.29, 0.717) is 54.5 Å². The SMILES string of the molecule is Cc1cc(-c2noc(C(C)N3CCC(C(=O)Nc4ccccc4O)CC3)n2)ccc1F. The highest BCUT2D eigenvalue weighted by Gasteiger charge is 2.30. The van der Waals surface area contributed by atoms with E-state index in [1.807, 2.05) is 6.92 Å². The largest absolute Gasteiger partial charge is 0.506 e. The number of anilines is 1. The normalized spacial score (nSPS) is 16.2. The molecule has 8 heteroatoms. The van der Waals surface area contributed by atoms with E-state index in [4.69, 9.17) is 4.52 Å². The van der Waals surface area contributed by atoms with E-state index in [9.17, 15) is 14.3 Å². The molecule has 0 saturated carbocycles. The second kappa shape index (κ2) is 8.85. The minimum Gasteiger partial charge on any atom is -0.506 e. The van der Waals surface area contributed by atoms with Gasteiger partial charge < -0.3 is 14.9 Å². The lowest BCUT2D eigenvalue weighted by molar-refractivity contribution is -0.121. The van der Waals surface area contributed by atoms with Crippen molar-refractivity contribution in [1.29, 1.82) is 0 Å². The Balaban J connectivity index is 1.35. The molecular weight excluding hydrogens is 399 g/mol. The Bertz CT molecular complexity index is 1080. The summed E-state index contributed by atoms with van der Waals surface area (Å²) < 4.78 is 19.0. The summed E-state index contributed by atoms with van der Waals surface area (Å²) in [5.74, 6) is 0.515. The fourth-order valence-corrected chi connectivity index (χ4v) is 3.83. The second-order valence-electron chi connectivity index (χ2n) is 7.91. The first-order valence-electron chi connectivity index (χ1n) is 10.4. The summed E-state index contributed by atoms with van der Waals surface area (Å²) in [5.41, 5.74) is 1.67. The molecule has 1 saturated heterocycles. The molecule has 2 aromatic carbocycles. The number of hydrogen-bond donors (Lipinski definition) is 2. The number of phenolic OH excluding ortho intramolecular Hbond substituents is 1. The molecule has 3 aromatic rings. The monoisotopic (exact) mass is 424 g/mol. The van der Waals surface area contributed by atoms with Crippen LogP contribution in [0.3, 0.4) is 0 Å². The molecule has 4 rings (SSSR count). The van der Waals surface area contributed by atoms with Gasteiger partial charge in [0.05, 0.1) is 11.7 Å². The van der Waals surface area contributed by atoms with Crippen molar-refractivity contribution < 1.29 is 18.8 Å². The molecule has 0 aliphatic carbocycles. The lowest BCUT2D eigenvalue weighted by atomic mass is 9.95. The molecule has 7 nitrogen and oxygen atoms in total. The summed E-state index contributed by atoms with van der Waals surface area (Å²) in [4.78, 5) is 19.3. The van der Waals surface area contributed by atoms with Crippen molar-refractivity contribution in [1.82, 2.24) is 15.0 Å². The highest BCUT2D eigenvalue weighted by Crippen LogP contribution is 2.29. The standard InChI is InChI=1S/C23H25FN4O3/c1-14-13-17(7-8-18(14)24)21-26-23(31-27-21)15(2)28-11-9-16(10-12-28)22(30)25-19-5-3-4-6-20(19)29/h3-8,13,15-16,29H,9-12H2,1-2H3,(H,25,30). The zero-order valence-corrected chi connectivity index (χ0v) is 17.5. The van der Waals surface area contributed by atoms with Crippen LogP contribution < -0.4 is 5.32 Å². The molecule has 0 radical (unpaired) electrons. The van der Waals surface area contributed by atoms with Gasteiger partial charge in [-0.2, -0.15) is 4.98 Å². The molecular formula is C23H25FN4O3. The summed E-state index contributed by atoms with van der Waals surface area (Å²) in [5, 5.41) is 16.7. The van der Waals surface area contributed by atoms with Crippen LogP contribution in [0.4, 0.5) is 10.1 Å². The molecule has 0 spiro atoms. The lowest BCUT2D eigenvalue weighted by Gasteiger charge is -2.33. The summed E-state index contributed by atoms with van der Waals surface area (Å²) in [7, 11) is 0. The fourth-order valence-electron chi connectivity index (χ4n) is 3.83. The minimum absolute atomic E-state index is 0.0606. The number of benzene rings is 2. The highest BCUT2D eigenvalue weighted by atomic mass is 19.1. The molecule has 1 aromatic heterocycles. The third-order valence-corrected chi connectivity index (χ3v) is 5.83. The molecule has 162 valence electrons. The molecule has 2 heterocycles. The van der Waals surface area contributed by atoms with E-state index < -0.39 is 0 Å². The van der Waals surface area contributed by atoms with Gasteiger partial charge in [-0.15, -0.1) is 0 Å². The molecule has 2 N–H and O–H groups in total. The van der Waals surface area contributed by atoms with Gasteiger partial charge in [0, 0.05) is 11.5 Å².